The van der Waals surface area contributed by atoms with Crippen molar-refractivity contribution in [3.8, 4) is 0 Å². The molecular weight excluding hydrogens is 282 g/mol. The highest BCUT2D eigenvalue weighted by molar-refractivity contribution is 9.10. The van der Waals surface area contributed by atoms with E-state index in [4.69, 9.17) is 5.73 Å². The molecule has 2 aromatic rings. The van der Waals surface area contributed by atoms with Gasteiger partial charge in [0.05, 0.1) is 4.21 Å². The number of anilines is 1. The molecule has 0 bridgehead atoms. The van der Waals surface area contributed by atoms with Crippen LogP contribution in [0.3, 0.4) is 0 Å². The van der Waals surface area contributed by atoms with E-state index in [9.17, 15) is 0 Å². The fourth-order valence-corrected chi connectivity index (χ4v) is 3.04. The molecule has 2 N–H and O–H groups in total. The van der Waals surface area contributed by atoms with E-state index in [0.29, 0.717) is 15.6 Å². The predicted molar refractivity (Wildman–Crippen MR) is 62.6 cm³/mol. The number of hydrogen-bond donors (Lipinski definition) is 1. The Morgan fingerprint density at radius 2 is 2.29 bits per heavy atom. The third-order valence-corrected chi connectivity index (χ3v) is 3.69. The van der Waals surface area contributed by atoms with Gasteiger partial charge in [0.15, 0.2) is 5.16 Å². The maximum absolute atomic E-state index is 5.60. The van der Waals surface area contributed by atoms with Gasteiger partial charge in [-0.15, -0.1) is 11.3 Å². The number of nitrogen functional groups attached to an aromatic ring is 1. The fourth-order valence-electron chi connectivity index (χ4n) is 0.871. The summed E-state index contributed by atoms with van der Waals surface area (Å²) in [6.45, 7) is 0. The van der Waals surface area contributed by atoms with Crippen molar-refractivity contribution in [2.24, 2.45) is 0 Å². The van der Waals surface area contributed by atoms with E-state index in [1.165, 1.54) is 11.8 Å². The molecule has 0 amide bonds. The summed E-state index contributed by atoms with van der Waals surface area (Å²) in [6, 6.07) is 5.70. The Bertz CT molecular complexity index is 410. The molecule has 0 aliphatic carbocycles. The Kier molecular flexibility index (Phi) is 3.05. The zero-order chi connectivity index (χ0) is 9.97. The molecule has 0 saturated carbocycles. The molecule has 0 aromatic carbocycles. The Morgan fingerprint density at radius 3 is 2.93 bits per heavy atom. The van der Waals surface area contributed by atoms with Gasteiger partial charge in [-0.1, -0.05) is 6.07 Å². The van der Waals surface area contributed by atoms with Crippen molar-refractivity contribution in [2.75, 3.05) is 5.73 Å². The summed E-state index contributed by atoms with van der Waals surface area (Å²) in [7, 11) is 0. The number of nitrogens with two attached hydrogens (primary N) is 1. The summed E-state index contributed by atoms with van der Waals surface area (Å²) >= 11 is 6.44. The molecule has 0 unspecified atom stereocenters. The fraction of sp³-hybridized carbons (Fsp3) is 0. The standard InChI is InChI=1S/C8H6BrN3S2/c9-5-4-6(10)12-8(11-5)14-7-2-1-3-13-7/h1-4H,(H2,10,11,12). The van der Waals surface area contributed by atoms with Crippen molar-refractivity contribution < 1.29 is 0 Å². The highest BCUT2D eigenvalue weighted by atomic mass is 79.9. The first kappa shape index (κ1) is 9.95. The zero-order valence-electron chi connectivity index (χ0n) is 6.98. The van der Waals surface area contributed by atoms with Gasteiger partial charge in [-0.2, -0.15) is 0 Å². The molecule has 0 radical (unpaired) electrons. The number of halogens is 1. The van der Waals surface area contributed by atoms with E-state index < -0.39 is 0 Å². The third kappa shape index (κ3) is 2.46. The van der Waals surface area contributed by atoms with Crippen LogP contribution in [0.25, 0.3) is 0 Å². The average Bonchev–Trinajstić information content (AvgIpc) is 2.54. The van der Waals surface area contributed by atoms with Gasteiger partial charge >= 0.3 is 0 Å². The van der Waals surface area contributed by atoms with E-state index in [2.05, 4.69) is 25.9 Å². The highest BCUT2D eigenvalue weighted by Crippen LogP contribution is 2.29. The van der Waals surface area contributed by atoms with Gasteiger partial charge in [0, 0.05) is 6.07 Å². The van der Waals surface area contributed by atoms with E-state index in [-0.39, 0.29) is 0 Å². The van der Waals surface area contributed by atoms with E-state index >= 15 is 0 Å². The SMILES string of the molecule is Nc1cc(Br)nc(Sc2cccs2)n1. The van der Waals surface area contributed by atoms with Crippen molar-refractivity contribution in [1.82, 2.24) is 9.97 Å². The molecule has 0 aliphatic heterocycles. The molecule has 0 fully saturated rings. The van der Waals surface area contributed by atoms with E-state index in [1.54, 1.807) is 17.4 Å². The van der Waals surface area contributed by atoms with Crippen LogP contribution in [-0.2, 0) is 0 Å². The molecular formula is C8H6BrN3S2. The zero-order valence-corrected chi connectivity index (χ0v) is 10.2. The minimum atomic E-state index is 0.478. The molecule has 2 rings (SSSR count). The molecule has 0 aliphatic rings. The highest BCUT2D eigenvalue weighted by Gasteiger charge is 2.03. The van der Waals surface area contributed by atoms with Crippen LogP contribution >= 0.6 is 39.0 Å². The van der Waals surface area contributed by atoms with Gasteiger partial charge in [0.1, 0.15) is 10.4 Å². The molecule has 0 atom stereocenters. The van der Waals surface area contributed by atoms with Crippen molar-refractivity contribution in [2.45, 2.75) is 9.37 Å². The summed E-state index contributed by atoms with van der Waals surface area (Å²) in [4.78, 5) is 8.32. The first-order chi connectivity index (χ1) is 6.74. The normalized spacial score (nSPS) is 10.4. The van der Waals surface area contributed by atoms with Crippen LogP contribution in [0.5, 0.6) is 0 Å². The molecule has 72 valence electrons. The summed E-state index contributed by atoms with van der Waals surface area (Å²) in [5, 5.41) is 2.68. The minimum absolute atomic E-state index is 0.478. The number of rotatable bonds is 2. The maximum Gasteiger partial charge on any atom is 0.196 e. The predicted octanol–water partition coefficient (Wildman–Crippen LogP) is 3.03. The number of hydrogen-bond acceptors (Lipinski definition) is 5. The lowest BCUT2D eigenvalue weighted by Gasteiger charge is -1.99. The van der Waals surface area contributed by atoms with Crippen LogP contribution in [-0.4, -0.2) is 9.97 Å². The first-order valence-electron chi connectivity index (χ1n) is 3.75. The van der Waals surface area contributed by atoms with Crippen LogP contribution in [0.15, 0.2) is 37.5 Å². The van der Waals surface area contributed by atoms with Gasteiger partial charge in [-0.05, 0) is 39.1 Å². The molecule has 6 heteroatoms. The molecule has 2 aromatic heterocycles. The van der Waals surface area contributed by atoms with Crippen LogP contribution in [0.4, 0.5) is 5.82 Å². The van der Waals surface area contributed by atoms with E-state index in [0.717, 1.165) is 4.21 Å². The summed E-state index contributed by atoms with van der Waals surface area (Å²) in [5.41, 5.74) is 5.60. The molecule has 3 nitrogen and oxygen atoms in total. The number of aromatic nitrogens is 2. The molecule has 0 saturated heterocycles. The lowest BCUT2D eigenvalue weighted by atomic mass is 10.6. The number of nitrogens with zero attached hydrogens (tertiary/aromatic N) is 2. The topological polar surface area (TPSA) is 51.8 Å². The minimum Gasteiger partial charge on any atom is -0.384 e. The third-order valence-electron chi connectivity index (χ3n) is 1.38. The summed E-state index contributed by atoms with van der Waals surface area (Å²) in [5.74, 6) is 0.478. The second-order valence-electron chi connectivity index (χ2n) is 2.43. The van der Waals surface area contributed by atoms with Gasteiger partial charge < -0.3 is 5.73 Å². The Labute approximate surface area is 97.9 Å². The summed E-state index contributed by atoms with van der Waals surface area (Å²) < 4.78 is 1.87. The average molecular weight is 288 g/mol. The van der Waals surface area contributed by atoms with E-state index in [1.807, 2.05) is 17.5 Å². The smallest absolute Gasteiger partial charge is 0.196 e. The quantitative estimate of drug-likeness (QED) is 0.681. The second-order valence-corrected chi connectivity index (χ2v) is 5.46. The van der Waals surface area contributed by atoms with Crippen molar-refractivity contribution in [3.05, 3.63) is 28.2 Å². The second kappa shape index (κ2) is 4.29. The number of thiophene rings is 1. The molecule has 2 heterocycles. The largest absolute Gasteiger partial charge is 0.384 e. The van der Waals surface area contributed by atoms with Crippen molar-refractivity contribution in [1.29, 1.82) is 0 Å². The molecule has 14 heavy (non-hydrogen) atoms. The van der Waals surface area contributed by atoms with Crippen LogP contribution < -0.4 is 5.73 Å². The van der Waals surface area contributed by atoms with Crippen molar-refractivity contribution in [3.63, 3.8) is 0 Å². The Balaban J connectivity index is 2.25. The van der Waals surface area contributed by atoms with Crippen molar-refractivity contribution >= 4 is 44.8 Å². The van der Waals surface area contributed by atoms with Gasteiger partial charge in [-0.3, -0.25) is 0 Å². The van der Waals surface area contributed by atoms with Gasteiger partial charge in [0.25, 0.3) is 0 Å². The van der Waals surface area contributed by atoms with Gasteiger partial charge in [0.2, 0.25) is 0 Å². The Hall–Kier alpha value is -0.590. The van der Waals surface area contributed by atoms with Crippen LogP contribution in [0, 0.1) is 0 Å². The maximum atomic E-state index is 5.60. The lowest BCUT2D eigenvalue weighted by Crippen LogP contribution is -1.94. The molecule has 0 spiro atoms. The van der Waals surface area contributed by atoms with Gasteiger partial charge in [-0.25, -0.2) is 9.97 Å². The Morgan fingerprint density at radius 1 is 1.43 bits per heavy atom. The van der Waals surface area contributed by atoms with Crippen LogP contribution in [0.1, 0.15) is 0 Å². The monoisotopic (exact) mass is 287 g/mol. The first-order valence-corrected chi connectivity index (χ1v) is 6.24. The van der Waals surface area contributed by atoms with Crippen LogP contribution in [0.2, 0.25) is 0 Å². The lowest BCUT2D eigenvalue weighted by molar-refractivity contribution is 0.958. The summed E-state index contributed by atoms with van der Waals surface area (Å²) in [6.07, 6.45) is 0.